The molecule has 2 rings (SSSR count). The third-order valence-electron chi connectivity index (χ3n) is 2.98. The first-order valence-electron chi connectivity index (χ1n) is 6.77. The van der Waals surface area contributed by atoms with E-state index >= 15 is 0 Å². The van der Waals surface area contributed by atoms with Crippen molar-refractivity contribution in [1.82, 2.24) is 4.98 Å². The first-order chi connectivity index (χ1) is 10.1. The van der Waals surface area contributed by atoms with Crippen LogP contribution in [0.5, 0.6) is 0 Å². The normalized spacial score (nSPS) is 10.7. The molecule has 4 nitrogen and oxygen atoms in total. The number of carbonyl (C=O) groups is 1. The fourth-order valence-corrected chi connectivity index (χ4v) is 2.38. The SMILES string of the molecule is CCCNc1c(C(=O)OCC)cnc2c(Cl)c(Cl)ccc12. The third kappa shape index (κ3) is 3.22. The van der Waals surface area contributed by atoms with E-state index in [-0.39, 0.29) is 0 Å². The second-order valence-electron chi connectivity index (χ2n) is 4.45. The zero-order valence-corrected chi connectivity index (χ0v) is 13.4. The Kier molecular flexibility index (Phi) is 5.26. The van der Waals surface area contributed by atoms with Crippen molar-refractivity contribution in [3.05, 3.63) is 33.9 Å². The molecule has 1 heterocycles. The maximum Gasteiger partial charge on any atom is 0.341 e. The van der Waals surface area contributed by atoms with Gasteiger partial charge in [0.15, 0.2) is 0 Å². The number of rotatable bonds is 5. The number of pyridine rings is 1. The summed E-state index contributed by atoms with van der Waals surface area (Å²) in [5, 5.41) is 4.81. The third-order valence-corrected chi connectivity index (χ3v) is 3.77. The van der Waals surface area contributed by atoms with E-state index in [9.17, 15) is 4.79 Å². The van der Waals surface area contributed by atoms with Crippen molar-refractivity contribution >= 4 is 45.8 Å². The van der Waals surface area contributed by atoms with Crippen LogP contribution in [0.3, 0.4) is 0 Å². The standard InChI is InChI=1S/C15H16Cl2N2O2/c1-3-7-18-13-9-5-6-11(16)12(17)14(9)19-8-10(13)15(20)21-4-2/h5-6,8H,3-4,7H2,1-2H3,(H,18,19). The summed E-state index contributed by atoms with van der Waals surface area (Å²) in [6, 6.07) is 3.50. The average molecular weight is 327 g/mol. The van der Waals surface area contributed by atoms with Gasteiger partial charge in [-0.2, -0.15) is 0 Å². The van der Waals surface area contributed by atoms with Crippen LogP contribution in [0.2, 0.25) is 10.0 Å². The molecule has 0 unspecified atom stereocenters. The Morgan fingerprint density at radius 2 is 2.10 bits per heavy atom. The van der Waals surface area contributed by atoms with Gasteiger partial charge in [0, 0.05) is 18.1 Å². The van der Waals surface area contributed by atoms with Gasteiger partial charge in [-0.25, -0.2) is 4.79 Å². The Bertz CT molecular complexity index is 674. The Morgan fingerprint density at radius 1 is 1.33 bits per heavy atom. The summed E-state index contributed by atoms with van der Waals surface area (Å²) in [6.07, 6.45) is 2.40. The van der Waals surface area contributed by atoms with Gasteiger partial charge in [-0.1, -0.05) is 30.1 Å². The molecule has 2 aromatic rings. The van der Waals surface area contributed by atoms with Gasteiger partial charge < -0.3 is 10.1 Å². The van der Waals surface area contributed by atoms with Crippen molar-refractivity contribution in [2.24, 2.45) is 0 Å². The molecule has 0 saturated carbocycles. The number of anilines is 1. The lowest BCUT2D eigenvalue weighted by molar-refractivity contribution is 0.0527. The average Bonchev–Trinajstić information content (AvgIpc) is 2.48. The Hall–Kier alpha value is -1.52. The molecule has 0 atom stereocenters. The van der Waals surface area contributed by atoms with E-state index in [1.807, 2.05) is 6.92 Å². The van der Waals surface area contributed by atoms with Gasteiger partial charge in [-0.15, -0.1) is 0 Å². The zero-order chi connectivity index (χ0) is 15.4. The number of hydrogen-bond acceptors (Lipinski definition) is 4. The van der Waals surface area contributed by atoms with Crippen LogP contribution in [-0.4, -0.2) is 24.1 Å². The van der Waals surface area contributed by atoms with Crippen LogP contribution >= 0.6 is 23.2 Å². The second-order valence-corrected chi connectivity index (χ2v) is 5.24. The van der Waals surface area contributed by atoms with Gasteiger partial charge in [0.25, 0.3) is 0 Å². The van der Waals surface area contributed by atoms with E-state index < -0.39 is 5.97 Å². The van der Waals surface area contributed by atoms with Gasteiger partial charge in [0.1, 0.15) is 5.56 Å². The lowest BCUT2D eigenvalue weighted by Gasteiger charge is -2.14. The molecule has 1 aromatic heterocycles. The minimum atomic E-state index is -0.406. The first kappa shape index (κ1) is 15.9. The molecule has 6 heteroatoms. The van der Waals surface area contributed by atoms with Crippen LogP contribution in [0.1, 0.15) is 30.6 Å². The first-order valence-corrected chi connectivity index (χ1v) is 7.53. The van der Waals surface area contributed by atoms with E-state index in [0.717, 1.165) is 18.4 Å². The highest BCUT2D eigenvalue weighted by Crippen LogP contribution is 2.34. The second kappa shape index (κ2) is 6.96. The summed E-state index contributed by atoms with van der Waals surface area (Å²) in [6.45, 7) is 4.85. The highest BCUT2D eigenvalue weighted by Gasteiger charge is 2.18. The Morgan fingerprint density at radius 3 is 2.76 bits per heavy atom. The van der Waals surface area contributed by atoms with Gasteiger partial charge in [0.2, 0.25) is 0 Å². The van der Waals surface area contributed by atoms with E-state index in [0.29, 0.717) is 33.4 Å². The summed E-state index contributed by atoms with van der Waals surface area (Å²) in [4.78, 5) is 16.3. The molecular weight excluding hydrogens is 311 g/mol. The van der Waals surface area contributed by atoms with E-state index in [2.05, 4.69) is 10.3 Å². The number of benzene rings is 1. The predicted molar refractivity (Wildman–Crippen MR) is 86.5 cm³/mol. The number of nitrogens with one attached hydrogen (secondary N) is 1. The maximum absolute atomic E-state index is 12.1. The van der Waals surface area contributed by atoms with Crippen molar-refractivity contribution in [2.45, 2.75) is 20.3 Å². The van der Waals surface area contributed by atoms with E-state index in [1.165, 1.54) is 6.20 Å². The minimum absolute atomic E-state index is 0.311. The predicted octanol–water partition coefficient (Wildman–Crippen LogP) is 4.54. The van der Waals surface area contributed by atoms with Crippen LogP contribution in [0.4, 0.5) is 5.69 Å². The number of nitrogens with zero attached hydrogens (tertiary/aromatic N) is 1. The Balaban J connectivity index is 2.64. The number of carbonyl (C=O) groups excluding carboxylic acids is 1. The molecule has 0 bridgehead atoms. The molecule has 1 N–H and O–H groups in total. The molecule has 1 aromatic carbocycles. The molecule has 0 aliphatic carbocycles. The molecule has 0 saturated heterocycles. The van der Waals surface area contributed by atoms with E-state index in [4.69, 9.17) is 27.9 Å². The number of hydrogen-bond donors (Lipinski definition) is 1. The van der Waals surface area contributed by atoms with Gasteiger partial charge in [0.05, 0.1) is 27.9 Å². The smallest absolute Gasteiger partial charge is 0.341 e. The Labute approximate surface area is 133 Å². The topological polar surface area (TPSA) is 51.2 Å². The van der Waals surface area contributed by atoms with Crippen LogP contribution in [0.15, 0.2) is 18.3 Å². The molecule has 0 aliphatic rings. The summed E-state index contributed by atoms with van der Waals surface area (Å²) in [7, 11) is 0. The van der Waals surface area contributed by atoms with Crippen molar-refractivity contribution in [2.75, 3.05) is 18.5 Å². The summed E-state index contributed by atoms with van der Waals surface area (Å²) < 4.78 is 5.07. The molecule has 21 heavy (non-hydrogen) atoms. The van der Waals surface area contributed by atoms with Gasteiger partial charge >= 0.3 is 5.97 Å². The van der Waals surface area contributed by atoms with Crippen molar-refractivity contribution in [3.63, 3.8) is 0 Å². The number of esters is 1. The number of halogens is 2. The highest BCUT2D eigenvalue weighted by molar-refractivity contribution is 6.45. The molecule has 0 fully saturated rings. The molecular formula is C15H16Cl2N2O2. The lowest BCUT2D eigenvalue weighted by Crippen LogP contribution is -2.11. The highest BCUT2D eigenvalue weighted by atomic mass is 35.5. The molecule has 0 spiro atoms. The zero-order valence-electron chi connectivity index (χ0n) is 11.9. The van der Waals surface area contributed by atoms with Crippen molar-refractivity contribution in [3.8, 4) is 0 Å². The quantitative estimate of drug-likeness (QED) is 0.819. The lowest BCUT2D eigenvalue weighted by atomic mass is 10.1. The number of ether oxygens (including phenoxy) is 1. The monoisotopic (exact) mass is 326 g/mol. The summed E-state index contributed by atoms with van der Waals surface area (Å²) in [5.74, 6) is -0.406. The summed E-state index contributed by atoms with van der Waals surface area (Å²) in [5.41, 5.74) is 1.64. The maximum atomic E-state index is 12.1. The molecule has 0 radical (unpaired) electrons. The summed E-state index contributed by atoms with van der Waals surface area (Å²) >= 11 is 12.2. The van der Waals surface area contributed by atoms with Crippen LogP contribution < -0.4 is 5.32 Å². The van der Waals surface area contributed by atoms with Crippen molar-refractivity contribution < 1.29 is 9.53 Å². The number of fused-ring (bicyclic) bond motifs is 1. The van der Waals surface area contributed by atoms with Gasteiger partial charge in [-0.05, 0) is 25.5 Å². The molecule has 112 valence electrons. The van der Waals surface area contributed by atoms with Crippen LogP contribution in [0, 0.1) is 0 Å². The van der Waals surface area contributed by atoms with Gasteiger partial charge in [-0.3, -0.25) is 4.98 Å². The fourth-order valence-electron chi connectivity index (χ4n) is 2.01. The van der Waals surface area contributed by atoms with Crippen molar-refractivity contribution in [1.29, 1.82) is 0 Å². The minimum Gasteiger partial charge on any atom is -0.462 e. The largest absolute Gasteiger partial charge is 0.462 e. The molecule has 0 aliphatic heterocycles. The number of aromatic nitrogens is 1. The molecule has 0 amide bonds. The van der Waals surface area contributed by atoms with E-state index in [1.54, 1.807) is 19.1 Å². The van der Waals surface area contributed by atoms with Crippen LogP contribution in [-0.2, 0) is 4.74 Å². The van der Waals surface area contributed by atoms with Crippen LogP contribution in [0.25, 0.3) is 10.9 Å². The fraction of sp³-hybridized carbons (Fsp3) is 0.333.